The molecule has 0 saturated heterocycles. The van der Waals surface area contributed by atoms with Crippen LogP contribution in [0.5, 0.6) is 0 Å². The minimum atomic E-state index is -0.106. The van der Waals surface area contributed by atoms with Crippen LogP contribution in [0.25, 0.3) is 0 Å². The average Bonchev–Trinajstić information content (AvgIpc) is 2.96. The number of aryl methyl sites for hydroxylation is 1. The van der Waals surface area contributed by atoms with E-state index in [0.29, 0.717) is 17.3 Å². The first-order valence-electron chi connectivity index (χ1n) is 8.96. The number of furan rings is 1. The second-order valence-electron chi connectivity index (χ2n) is 8.89. The second kappa shape index (κ2) is 4.49. The fraction of sp³-hybridized carbons (Fsp3) is 0.750. The van der Waals surface area contributed by atoms with E-state index >= 15 is 0 Å². The van der Waals surface area contributed by atoms with Crippen LogP contribution in [0.15, 0.2) is 16.9 Å². The maximum absolute atomic E-state index is 11.9. The molecule has 2 saturated carbocycles. The zero-order chi connectivity index (χ0) is 15.6. The van der Waals surface area contributed by atoms with Gasteiger partial charge in [0, 0.05) is 5.41 Å². The largest absolute Gasteiger partial charge is 0.472 e. The van der Waals surface area contributed by atoms with Crippen molar-refractivity contribution in [2.45, 2.75) is 71.1 Å². The van der Waals surface area contributed by atoms with Gasteiger partial charge in [-0.25, -0.2) is 0 Å². The predicted molar refractivity (Wildman–Crippen MR) is 86.7 cm³/mol. The summed E-state index contributed by atoms with van der Waals surface area (Å²) in [6, 6.07) is 0. The van der Waals surface area contributed by atoms with E-state index in [0.717, 1.165) is 12.8 Å². The maximum atomic E-state index is 11.9. The van der Waals surface area contributed by atoms with Crippen LogP contribution < -0.4 is 0 Å². The number of rotatable bonds is 1. The molecule has 0 bridgehead atoms. The normalized spacial score (nSPS) is 47.2. The highest BCUT2D eigenvalue weighted by Crippen LogP contribution is 2.66. The Balaban J connectivity index is 1.80. The summed E-state index contributed by atoms with van der Waals surface area (Å²) >= 11 is 0. The van der Waals surface area contributed by atoms with E-state index in [2.05, 4.69) is 20.8 Å². The van der Waals surface area contributed by atoms with Gasteiger partial charge in [0.15, 0.2) is 0 Å². The summed E-state index contributed by atoms with van der Waals surface area (Å²) in [5.41, 5.74) is 3.32. The predicted octanol–water partition coefficient (Wildman–Crippen LogP) is 4.91. The molecule has 3 aliphatic carbocycles. The lowest BCUT2D eigenvalue weighted by atomic mass is 9.41. The van der Waals surface area contributed by atoms with Crippen LogP contribution in [0.4, 0.5) is 0 Å². The molecular weight excluding hydrogens is 272 g/mol. The lowest BCUT2D eigenvalue weighted by Gasteiger charge is -2.63. The standard InChI is InChI=1S/C20H28O2/c1-18(13-21)8-4-9-20(3)16(18)7-10-19(2)15-12-22-11-14(15)5-6-17(19)20/h11-13,16-17H,4-10H2,1-3H3. The molecule has 5 unspecified atom stereocenters. The van der Waals surface area contributed by atoms with Crippen molar-refractivity contribution in [3.05, 3.63) is 23.7 Å². The molecule has 1 aromatic rings. The summed E-state index contributed by atoms with van der Waals surface area (Å²) in [4.78, 5) is 11.9. The van der Waals surface area contributed by atoms with Crippen molar-refractivity contribution in [1.82, 2.24) is 0 Å². The Labute approximate surface area is 133 Å². The third-order valence-corrected chi connectivity index (χ3v) is 7.87. The van der Waals surface area contributed by atoms with Crippen molar-refractivity contribution in [2.24, 2.45) is 22.7 Å². The molecule has 0 amide bonds. The van der Waals surface area contributed by atoms with Crippen molar-refractivity contribution < 1.29 is 9.21 Å². The number of carbonyl (C=O) groups is 1. The zero-order valence-corrected chi connectivity index (χ0v) is 14.2. The maximum Gasteiger partial charge on any atom is 0.126 e. The molecule has 2 nitrogen and oxygen atoms in total. The quantitative estimate of drug-likeness (QED) is 0.690. The highest BCUT2D eigenvalue weighted by Gasteiger charge is 2.60. The van der Waals surface area contributed by atoms with Gasteiger partial charge in [0.2, 0.25) is 0 Å². The van der Waals surface area contributed by atoms with Gasteiger partial charge in [-0.1, -0.05) is 27.2 Å². The van der Waals surface area contributed by atoms with Crippen molar-refractivity contribution in [2.75, 3.05) is 0 Å². The van der Waals surface area contributed by atoms with Gasteiger partial charge < -0.3 is 9.21 Å². The lowest BCUT2D eigenvalue weighted by molar-refractivity contribution is -0.142. The Morgan fingerprint density at radius 2 is 1.91 bits per heavy atom. The topological polar surface area (TPSA) is 30.2 Å². The van der Waals surface area contributed by atoms with Crippen molar-refractivity contribution in [1.29, 1.82) is 0 Å². The number of fused-ring (bicyclic) bond motifs is 5. The van der Waals surface area contributed by atoms with E-state index in [1.165, 1.54) is 49.5 Å². The van der Waals surface area contributed by atoms with E-state index < -0.39 is 0 Å². The van der Waals surface area contributed by atoms with Crippen LogP contribution in [0.2, 0.25) is 0 Å². The molecule has 120 valence electrons. The highest BCUT2D eigenvalue weighted by molar-refractivity contribution is 5.60. The fourth-order valence-electron chi connectivity index (χ4n) is 6.80. The van der Waals surface area contributed by atoms with Crippen molar-refractivity contribution in [3.63, 3.8) is 0 Å². The van der Waals surface area contributed by atoms with Gasteiger partial charge in [0.25, 0.3) is 0 Å². The molecule has 4 rings (SSSR count). The van der Waals surface area contributed by atoms with Gasteiger partial charge in [-0.15, -0.1) is 0 Å². The molecule has 22 heavy (non-hydrogen) atoms. The summed E-state index contributed by atoms with van der Waals surface area (Å²) in [6.45, 7) is 7.17. The number of aldehydes is 1. The SMILES string of the molecule is CC1(C=O)CCCC2(C)C1CCC1(C)c3cocc3CCC12. The third-order valence-electron chi connectivity index (χ3n) is 7.87. The molecule has 1 aromatic heterocycles. The van der Waals surface area contributed by atoms with Gasteiger partial charge in [0.1, 0.15) is 6.29 Å². The first-order valence-corrected chi connectivity index (χ1v) is 8.96. The van der Waals surface area contributed by atoms with Crippen LogP contribution in [0, 0.1) is 22.7 Å². The van der Waals surface area contributed by atoms with Crippen LogP contribution >= 0.6 is 0 Å². The van der Waals surface area contributed by atoms with E-state index in [1.54, 1.807) is 0 Å². The summed E-state index contributed by atoms with van der Waals surface area (Å²) < 4.78 is 5.56. The van der Waals surface area contributed by atoms with E-state index in [1.807, 2.05) is 12.5 Å². The summed E-state index contributed by atoms with van der Waals surface area (Å²) in [5.74, 6) is 1.24. The summed E-state index contributed by atoms with van der Waals surface area (Å²) in [7, 11) is 0. The molecule has 3 aliphatic rings. The summed E-state index contributed by atoms with van der Waals surface area (Å²) in [6.07, 6.45) is 13.6. The monoisotopic (exact) mass is 300 g/mol. The molecule has 2 heteroatoms. The number of hydrogen-bond donors (Lipinski definition) is 0. The second-order valence-corrected chi connectivity index (χ2v) is 8.89. The molecule has 1 heterocycles. The minimum Gasteiger partial charge on any atom is -0.472 e. The van der Waals surface area contributed by atoms with Crippen molar-refractivity contribution >= 4 is 6.29 Å². The van der Waals surface area contributed by atoms with E-state index in [-0.39, 0.29) is 10.8 Å². The highest BCUT2D eigenvalue weighted by atomic mass is 16.3. The Kier molecular flexibility index (Phi) is 2.97. The van der Waals surface area contributed by atoms with Gasteiger partial charge in [-0.05, 0) is 72.3 Å². The van der Waals surface area contributed by atoms with Crippen LogP contribution in [0.3, 0.4) is 0 Å². The first kappa shape index (κ1) is 14.5. The molecule has 0 spiro atoms. The Morgan fingerprint density at radius 1 is 1.09 bits per heavy atom. The smallest absolute Gasteiger partial charge is 0.126 e. The van der Waals surface area contributed by atoms with Crippen LogP contribution in [0.1, 0.15) is 70.4 Å². The van der Waals surface area contributed by atoms with Crippen LogP contribution in [-0.4, -0.2) is 6.29 Å². The molecule has 0 radical (unpaired) electrons. The van der Waals surface area contributed by atoms with Gasteiger partial charge in [0.05, 0.1) is 12.5 Å². The molecule has 5 atom stereocenters. The fourth-order valence-corrected chi connectivity index (χ4v) is 6.80. The number of hydrogen-bond acceptors (Lipinski definition) is 2. The zero-order valence-electron chi connectivity index (χ0n) is 14.2. The molecule has 2 fully saturated rings. The van der Waals surface area contributed by atoms with Gasteiger partial charge in [-0.2, -0.15) is 0 Å². The Morgan fingerprint density at radius 3 is 2.68 bits per heavy atom. The number of carbonyl (C=O) groups excluding carboxylic acids is 1. The lowest BCUT2D eigenvalue weighted by Crippen LogP contribution is -2.58. The van der Waals surface area contributed by atoms with E-state index in [4.69, 9.17) is 4.42 Å². The third kappa shape index (κ3) is 1.64. The minimum absolute atomic E-state index is 0.106. The molecule has 0 aromatic carbocycles. The molecule has 0 N–H and O–H groups in total. The first-order chi connectivity index (χ1) is 10.4. The van der Waals surface area contributed by atoms with E-state index in [9.17, 15) is 4.79 Å². The average molecular weight is 300 g/mol. The van der Waals surface area contributed by atoms with Gasteiger partial charge in [-0.3, -0.25) is 0 Å². The molecule has 0 aliphatic heterocycles. The molecular formula is C20H28O2. The Hall–Kier alpha value is -1.05. The Bertz CT molecular complexity index is 603. The van der Waals surface area contributed by atoms with Crippen molar-refractivity contribution in [3.8, 4) is 0 Å². The van der Waals surface area contributed by atoms with Gasteiger partial charge >= 0.3 is 0 Å². The van der Waals surface area contributed by atoms with Crippen LogP contribution in [-0.2, 0) is 16.6 Å². The summed E-state index contributed by atoms with van der Waals surface area (Å²) in [5, 5.41) is 0.